The molecule has 0 radical (unpaired) electrons. The zero-order chi connectivity index (χ0) is 17.4. The van der Waals surface area contributed by atoms with Crippen LogP contribution in [0.5, 0.6) is 0 Å². The largest absolute Gasteiger partial charge is 0.354 e. The molecular weight excluding hydrogens is 314 g/mol. The summed E-state index contributed by atoms with van der Waals surface area (Å²) in [4.78, 5) is 7.42. The van der Waals surface area contributed by atoms with Crippen molar-refractivity contribution in [2.45, 2.75) is 82.6 Å². The fraction of sp³-hybridized carbons (Fsp3) is 0.833. The second-order valence-corrected chi connectivity index (χ2v) is 8.02. The van der Waals surface area contributed by atoms with Crippen molar-refractivity contribution < 1.29 is 0 Å². The number of guanidine groups is 1. The summed E-state index contributed by atoms with van der Waals surface area (Å²) in [7, 11) is 4.30. The average Bonchev–Trinajstić information content (AvgIpc) is 3.33. The van der Waals surface area contributed by atoms with E-state index in [4.69, 9.17) is 4.99 Å². The zero-order valence-corrected chi connectivity index (χ0v) is 15.7. The predicted molar refractivity (Wildman–Crippen MR) is 98.4 cm³/mol. The van der Waals surface area contributed by atoms with Crippen LogP contribution >= 0.6 is 0 Å². The maximum atomic E-state index is 4.81. The van der Waals surface area contributed by atoms with E-state index in [0.29, 0.717) is 18.6 Å². The number of hydrogen-bond donors (Lipinski definition) is 2. The molecule has 0 spiro atoms. The highest BCUT2D eigenvalue weighted by atomic mass is 15.3. The lowest BCUT2D eigenvalue weighted by Crippen LogP contribution is -2.56. The Bertz CT molecular complexity index is 619. The van der Waals surface area contributed by atoms with Gasteiger partial charge in [-0.05, 0) is 52.5 Å². The molecule has 2 atom stereocenters. The van der Waals surface area contributed by atoms with Crippen LogP contribution in [0.15, 0.2) is 4.99 Å². The molecule has 0 amide bonds. The molecule has 1 aromatic rings. The Hall–Kier alpha value is -1.63. The molecule has 1 saturated carbocycles. The van der Waals surface area contributed by atoms with Crippen molar-refractivity contribution in [3.63, 3.8) is 0 Å². The molecule has 1 aromatic heterocycles. The molecule has 4 rings (SSSR count). The van der Waals surface area contributed by atoms with Gasteiger partial charge in [0.15, 0.2) is 11.8 Å². The Kier molecular flexibility index (Phi) is 4.67. The summed E-state index contributed by atoms with van der Waals surface area (Å²) in [5, 5.41) is 15.7. The minimum absolute atomic E-state index is 0.526. The summed E-state index contributed by atoms with van der Waals surface area (Å²) in [5.41, 5.74) is 0. The van der Waals surface area contributed by atoms with Crippen molar-refractivity contribution in [1.82, 2.24) is 30.3 Å². The molecule has 7 nitrogen and oxygen atoms in total. The molecule has 7 heteroatoms. The van der Waals surface area contributed by atoms with Gasteiger partial charge in [0, 0.05) is 31.2 Å². The Balaban J connectivity index is 1.42. The summed E-state index contributed by atoms with van der Waals surface area (Å²) in [6.07, 6.45) is 9.02. The molecule has 2 bridgehead atoms. The first-order valence-electron chi connectivity index (χ1n) is 9.74. The van der Waals surface area contributed by atoms with Crippen molar-refractivity contribution in [2.75, 3.05) is 7.05 Å². The summed E-state index contributed by atoms with van der Waals surface area (Å²) in [6, 6.07) is 2.58. The molecule has 138 valence electrons. The molecule has 2 N–H and O–H groups in total. The molecule has 3 fully saturated rings. The van der Waals surface area contributed by atoms with Gasteiger partial charge >= 0.3 is 0 Å². The van der Waals surface area contributed by atoms with Gasteiger partial charge in [-0.15, -0.1) is 10.2 Å². The smallest absolute Gasteiger partial charge is 0.192 e. The van der Waals surface area contributed by atoms with Crippen molar-refractivity contribution >= 4 is 5.96 Å². The summed E-state index contributed by atoms with van der Waals surface area (Å²) >= 11 is 0. The highest BCUT2D eigenvalue weighted by molar-refractivity contribution is 5.80. The van der Waals surface area contributed by atoms with E-state index >= 15 is 0 Å². The number of aliphatic imine (C=N–C) groups is 1. The quantitative estimate of drug-likeness (QED) is 0.636. The highest BCUT2D eigenvalue weighted by Gasteiger charge is 2.36. The number of piperidine rings is 2. The SMILES string of the molecule is Cc1nnc(CN=C(NC2CC2)NC2CC3CCCC(C2)N3C)n1C. The highest BCUT2D eigenvalue weighted by Crippen LogP contribution is 2.32. The number of aromatic nitrogens is 3. The van der Waals surface area contributed by atoms with E-state index in [9.17, 15) is 0 Å². The summed E-state index contributed by atoms with van der Waals surface area (Å²) < 4.78 is 2.01. The molecule has 25 heavy (non-hydrogen) atoms. The van der Waals surface area contributed by atoms with Gasteiger partial charge in [0.25, 0.3) is 0 Å². The number of hydrogen-bond acceptors (Lipinski definition) is 4. The third-order valence-electron chi connectivity index (χ3n) is 6.16. The molecule has 3 heterocycles. The van der Waals surface area contributed by atoms with Gasteiger partial charge in [0.2, 0.25) is 0 Å². The number of nitrogens with one attached hydrogen (secondary N) is 2. The lowest BCUT2D eigenvalue weighted by Gasteiger charge is -2.47. The monoisotopic (exact) mass is 345 g/mol. The Morgan fingerprint density at radius 1 is 1.04 bits per heavy atom. The lowest BCUT2D eigenvalue weighted by atomic mass is 9.82. The summed E-state index contributed by atoms with van der Waals surface area (Å²) in [6.45, 7) is 2.54. The van der Waals surface area contributed by atoms with Crippen LogP contribution in [-0.4, -0.2) is 56.8 Å². The average molecular weight is 345 g/mol. The van der Waals surface area contributed by atoms with Crippen molar-refractivity contribution in [1.29, 1.82) is 0 Å². The van der Waals surface area contributed by atoms with Crippen molar-refractivity contribution in [3.8, 4) is 0 Å². The van der Waals surface area contributed by atoms with Crippen molar-refractivity contribution in [2.24, 2.45) is 12.0 Å². The minimum atomic E-state index is 0.526. The fourth-order valence-electron chi connectivity index (χ4n) is 4.22. The van der Waals surface area contributed by atoms with Crippen LogP contribution in [-0.2, 0) is 13.6 Å². The van der Waals surface area contributed by atoms with Crippen LogP contribution in [0.1, 0.15) is 56.6 Å². The maximum Gasteiger partial charge on any atom is 0.192 e. The van der Waals surface area contributed by atoms with Gasteiger partial charge in [-0.3, -0.25) is 0 Å². The van der Waals surface area contributed by atoms with E-state index in [-0.39, 0.29) is 0 Å². The predicted octanol–water partition coefficient (Wildman–Crippen LogP) is 1.34. The molecule has 0 aromatic carbocycles. The van der Waals surface area contributed by atoms with Crippen LogP contribution in [0.25, 0.3) is 0 Å². The van der Waals surface area contributed by atoms with Crippen LogP contribution in [0, 0.1) is 6.92 Å². The molecule has 2 aliphatic heterocycles. The van der Waals surface area contributed by atoms with Gasteiger partial charge in [-0.25, -0.2) is 4.99 Å². The van der Waals surface area contributed by atoms with Gasteiger partial charge in [0.05, 0.1) is 0 Å². The van der Waals surface area contributed by atoms with Crippen LogP contribution in [0.3, 0.4) is 0 Å². The van der Waals surface area contributed by atoms with Crippen molar-refractivity contribution in [3.05, 3.63) is 11.6 Å². The third kappa shape index (κ3) is 3.81. The van der Waals surface area contributed by atoms with Gasteiger partial charge in [0.1, 0.15) is 12.4 Å². The summed E-state index contributed by atoms with van der Waals surface area (Å²) in [5.74, 6) is 2.79. The minimum Gasteiger partial charge on any atom is -0.354 e. The Morgan fingerprint density at radius 3 is 2.32 bits per heavy atom. The number of aryl methyl sites for hydroxylation is 1. The van der Waals surface area contributed by atoms with Crippen LogP contribution in [0.2, 0.25) is 0 Å². The van der Waals surface area contributed by atoms with Crippen LogP contribution < -0.4 is 10.6 Å². The van der Waals surface area contributed by atoms with E-state index < -0.39 is 0 Å². The molecule has 3 aliphatic rings. The van der Waals surface area contributed by atoms with E-state index in [0.717, 1.165) is 29.7 Å². The van der Waals surface area contributed by atoms with E-state index in [1.54, 1.807) is 0 Å². The van der Waals surface area contributed by atoms with Gasteiger partial charge in [-0.1, -0.05) is 6.42 Å². The third-order valence-corrected chi connectivity index (χ3v) is 6.16. The fourth-order valence-corrected chi connectivity index (χ4v) is 4.22. The lowest BCUT2D eigenvalue weighted by molar-refractivity contribution is 0.0526. The molecule has 2 saturated heterocycles. The molecule has 1 aliphatic carbocycles. The second kappa shape index (κ2) is 6.94. The topological polar surface area (TPSA) is 70.4 Å². The Morgan fingerprint density at radius 2 is 1.72 bits per heavy atom. The normalized spacial score (nSPS) is 30.4. The standard InChI is InChI=1S/C18H31N7/c1-12-22-23-17(24(12)2)11-19-18(20-13-7-8-13)21-14-9-15-5-4-6-16(10-14)25(15)3/h13-16H,4-11H2,1-3H3,(H2,19,20,21). The molecular formula is C18H31N7. The van der Waals surface area contributed by atoms with E-state index in [1.807, 2.05) is 18.5 Å². The second-order valence-electron chi connectivity index (χ2n) is 8.02. The zero-order valence-electron chi connectivity index (χ0n) is 15.7. The first-order valence-corrected chi connectivity index (χ1v) is 9.74. The van der Waals surface area contributed by atoms with E-state index in [1.165, 1.54) is 44.9 Å². The maximum absolute atomic E-state index is 4.81. The van der Waals surface area contributed by atoms with E-state index in [2.05, 4.69) is 32.8 Å². The van der Waals surface area contributed by atoms with Gasteiger partial charge in [-0.2, -0.15) is 0 Å². The first kappa shape index (κ1) is 16.8. The number of nitrogens with zero attached hydrogens (tertiary/aromatic N) is 5. The van der Waals surface area contributed by atoms with Crippen LogP contribution in [0.4, 0.5) is 0 Å². The Labute approximate surface area is 150 Å². The van der Waals surface area contributed by atoms with Gasteiger partial charge < -0.3 is 20.1 Å². The number of fused-ring (bicyclic) bond motifs is 2. The first-order chi connectivity index (χ1) is 12.1. The number of rotatable bonds is 4. The molecule has 2 unspecified atom stereocenters.